The van der Waals surface area contributed by atoms with Crippen molar-refractivity contribution in [1.82, 2.24) is 5.32 Å². The van der Waals surface area contributed by atoms with E-state index < -0.39 is 11.4 Å². The van der Waals surface area contributed by atoms with Gasteiger partial charge < -0.3 is 15.7 Å². The second kappa shape index (κ2) is 5.94. The molecule has 1 amide bonds. The quantitative estimate of drug-likeness (QED) is 0.767. The topological polar surface area (TPSA) is 78.4 Å². The number of nitrogens with one attached hydrogen (secondary N) is 2. The van der Waals surface area contributed by atoms with E-state index in [1.165, 1.54) is 0 Å². The fourth-order valence-electron chi connectivity index (χ4n) is 2.64. The van der Waals surface area contributed by atoms with Gasteiger partial charge in [-0.25, -0.2) is 0 Å². The summed E-state index contributed by atoms with van der Waals surface area (Å²) in [6, 6.07) is 9.15. The number of hydrogen-bond acceptors (Lipinski definition) is 3. The van der Waals surface area contributed by atoms with E-state index in [2.05, 4.69) is 10.6 Å². The van der Waals surface area contributed by atoms with Crippen molar-refractivity contribution in [2.24, 2.45) is 5.41 Å². The van der Waals surface area contributed by atoms with Crippen LogP contribution in [0.25, 0.3) is 0 Å². The van der Waals surface area contributed by atoms with Crippen molar-refractivity contribution < 1.29 is 14.7 Å². The van der Waals surface area contributed by atoms with Crippen LogP contribution in [0.4, 0.5) is 5.69 Å². The van der Waals surface area contributed by atoms with E-state index in [1.807, 2.05) is 30.3 Å². The van der Waals surface area contributed by atoms with Crippen molar-refractivity contribution in [3.05, 3.63) is 30.3 Å². The third-order valence-corrected chi connectivity index (χ3v) is 4.01. The van der Waals surface area contributed by atoms with Gasteiger partial charge in [-0.2, -0.15) is 0 Å². The number of para-hydroxylation sites is 1. The molecule has 5 nitrogen and oxygen atoms in total. The van der Waals surface area contributed by atoms with Crippen molar-refractivity contribution in [3.63, 3.8) is 0 Å². The van der Waals surface area contributed by atoms with Crippen LogP contribution in [0.3, 0.4) is 0 Å². The Morgan fingerprint density at radius 2 is 2.05 bits per heavy atom. The Balaban J connectivity index is 1.87. The highest BCUT2D eigenvalue weighted by atomic mass is 16.4. The molecule has 1 aromatic rings. The van der Waals surface area contributed by atoms with Crippen molar-refractivity contribution in [2.75, 3.05) is 11.9 Å². The molecule has 1 saturated carbocycles. The van der Waals surface area contributed by atoms with Gasteiger partial charge in [0.15, 0.2) is 0 Å². The molecule has 20 heavy (non-hydrogen) atoms. The summed E-state index contributed by atoms with van der Waals surface area (Å²) in [7, 11) is 0. The summed E-state index contributed by atoms with van der Waals surface area (Å²) in [6.07, 6.45) is 2.17. The standard InChI is InChI=1S/C15H20N2O3/c1-15(14(19)20)9-5-8-12(15)17-13(18)10-16-11-6-3-2-4-7-11/h2-4,6-7,12,16H,5,8-10H2,1H3,(H,17,18)(H,19,20). The molecule has 2 atom stereocenters. The normalized spacial score (nSPS) is 25.1. The molecule has 1 aromatic carbocycles. The molecule has 0 bridgehead atoms. The molecule has 5 heteroatoms. The summed E-state index contributed by atoms with van der Waals surface area (Å²) >= 11 is 0. The first-order chi connectivity index (χ1) is 9.52. The van der Waals surface area contributed by atoms with Crippen LogP contribution in [0.2, 0.25) is 0 Å². The second-order valence-electron chi connectivity index (χ2n) is 5.45. The minimum Gasteiger partial charge on any atom is -0.481 e. The maximum Gasteiger partial charge on any atom is 0.311 e. The molecule has 2 rings (SSSR count). The summed E-state index contributed by atoms with van der Waals surface area (Å²) in [4.78, 5) is 23.2. The van der Waals surface area contributed by atoms with Crippen LogP contribution in [-0.2, 0) is 9.59 Å². The molecule has 0 spiro atoms. The van der Waals surface area contributed by atoms with E-state index in [-0.39, 0.29) is 18.5 Å². The van der Waals surface area contributed by atoms with Crippen LogP contribution in [0.5, 0.6) is 0 Å². The zero-order valence-electron chi connectivity index (χ0n) is 11.6. The molecule has 0 heterocycles. The summed E-state index contributed by atoms with van der Waals surface area (Å²) in [5, 5.41) is 15.2. The summed E-state index contributed by atoms with van der Waals surface area (Å²) < 4.78 is 0. The molecule has 0 aliphatic heterocycles. The molecule has 0 saturated heterocycles. The number of anilines is 1. The fraction of sp³-hybridized carbons (Fsp3) is 0.467. The second-order valence-corrected chi connectivity index (χ2v) is 5.45. The summed E-state index contributed by atoms with van der Waals surface area (Å²) in [6.45, 7) is 1.86. The van der Waals surface area contributed by atoms with Crippen LogP contribution < -0.4 is 10.6 Å². The lowest BCUT2D eigenvalue weighted by molar-refractivity contribution is -0.149. The Morgan fingerprint density at radius 3 is 2.70 bits per heavy atom. The van der Waals surface area contributed by atoms with Crippen molar-refractivity contribution in [2.45, 2.75) is 32.2 Å². The minimum absolute atomic E-state index is 0.149. The predicted molar refractivity (Wildman–Crippen MR) is 76.5 cm³/mol. The van der Waals surface area contributed by atoms with Crippen LogP contribution in [-0.4, -0.2) is 29.6 Å². The Labute approximate surface area is 118 Å². The maximum absolute atomic E-state index is 11.9. The molecule has 1 aliphatic carbocycles. The maximum atomic E-state index is 11.9. The number of carboxylic acid groups (broad SMARTS) is 1. The van der Waals surface area contributed by atoms with Gasteiger partial charge >= 0.3 is 5.97 Å². The van der Waals surface area contributed by atoms with Crippen LogP contribution in [0.1, 0.15) is 26.2 Å². The third kappa shape index (κ3) is 3.10. The number of carbonyl (C=O) groups excluding carboxylic acids is 1. The predicted octanol–water partition coefficient (Wildman–Crippen LogP) is 1.86. The molecule has 2 unspecified atom stereocenters. The SMILES string of the molecule is CC1(C(=O)O)CCCC1NC(=O)CNc1ccccc1. The molecule has 0 radical (unpaired) electrons. The first-order valence-electron chi connectivity index (χ1n) is 6.84. The van der Waals surface area contributed by atoms with Gasteiger partial charge in [-0.3, -0.25) is 9.59 Å². The number of benzene rings is 1. The first-order valence-corrected chi connectivity index (χ1v) is 6.84. The van der Waals surface area contributed by atoms with Gasteiger partial charge in [0.2, 0.25) is 5.91 Å². The Hall–Kier alpha value is -2.04. The van der Waals surface area contributed by atoms with Gasteiger partial charge in [0.05, 0.1) is 12.0 Å². The van der Waals surface area contributed by atoms with Gasteiger partial charge in [-0.15, -0.1) is 0 Å². The number of aliphatic carboxylic acids is 1. The molecule has 0 aromatic heterocycles. The largest absolute Gasteiger partial charge is 0.481 e. The lowest BCUT2D eigenvalue weighted by Gasteiger charge is -2.27. The lowest BCUT2D eigenvalue weighted by atomic mass is 9.85. The highest BCUT2D eigenvalue weighted by Gasteiger charge is 2.45. The van der Waals surface area contributed by atoms with Gasteiger partial charge in [0.25, 0.3) is 0 Å². The summed E-state index contributed by atoms with van der Waals surface area (Å²) in [5.74, 6) is -1.01. The summed E-state index contributed by atoms with van der Waals surface area (Å²) in [5.41, 5.74) is 0.0256. The average Bonchev–Trinajstić information content (AvgIpc) is 2.80. The van der Waals surface area contributed by atoms with Crippen LogP contribution in [0.15, 0.2) is 30.3 Å². The smallest absolute Gasteiger partial charge is 0.311 e. The van der Waals surface area contributed by atoms with Crippen LogP contribution >= 0.6 is 0 Å². The van der Waals surface area contributed by atoms with Gasteiger partial charge in [0, 0.05) is 11.7 Å². The van der Waals surface area contributed by atoms with Gasteiger partial charge in [-0.05, 0) is 31.9 Å². The highest BCUT2D eigenvalue weighted by Crippen LogP contribution is 2.38. The van der Waals surface area contributed by atoms with E-state index in [0.29, 0.717) is 6.42 Å². The van der Waals surface area contributed by atoms with E-state index in [0.717, 1.165) is 18.5 Å². The third-order valence-electron chi connectivity index (χ3n) is 4.01. The average molecular weight is 276 g/mol. The number of amides is 1. The number of carbonyl (C=O) groups is 2. The lowest BCUT2D eigenvalue weighted by Crippen LogP contribution is -2.48. The first kappa shape index (κ1) is 14.4. The molecular formula is C15H20N2O3. The molecule has 108 valence electrons. The van der Waals surface area contributed by atoms with Crippen LogP contribution in [0, 0.1) is 5.41 Å². The van der Waals surface area contributed by atoms with E-state index >= 15 is 0 Å². The zero-order valence-corrected chi connectivity index (χ0v) is 11.6. The Morgan fingerprint density at radius 1 is 1.35 bits per heavy atom. The zero-order chi connectivity index (χ0) is 14.6. The minimum atomic E-state index is -0.845. The molecule has 1 aliphatic rings. The van der Waals surface area contributed by atoms with Crippen molar-refractivity contribution in [1.29, 1.82) is 0 Å². The number of hydrogen-bond donors (Lipinski definition) is 3. The Bertz CT molecular complexity index is 489. The van der Waals surface area contributed by atoms with E-state index in [1.54, 1.807) is 6.92 Å². The monoisotopic (exact) mass is 276 g/mol. The fourth-order valence-corrected chi connectivity index (χ4v) is 2.64. The Kier molecular flexibility index (Phi) is 4.27. The number of rotatable bonds is 5. The van der Waals surface area contributed by atoms with Gasteiger partial charge in [0.1, 0.15) is 0 Å². The van der Waals surface area contributed by atoms with Crippen molar-refractivity contribution >= 4 is 17.6 Å². The van der Waals surface area contributed by atoms with Crippen molar-refractivity contribution in [3.8, 4) is 0 Å². The van der Waals surface area contributed by atoms with Gasteiger partial charge in [-0.1, -0.05) is 24.6 Å². The molecular weight excluding hydrogens is 256 g/mol. The number of carboxylic acids is 1. The highest BCUT2D eigenvalue weighted by molar-refractivity contribution is 5.83. The van der Waals surface area contributed by atoms with E-state index in [9.17, 15) is 14.7 Å². The van der Waals surface area contributed by atoms with E-state index in [4.69, 9.17) is 0 Å². The molecule has 1 fully saturated rings. The molecule has 3 N–H and O–H groups in total.